The van der Waals surface area contributed by atoms with Crippen LogP contribution in [0.25, 0.3) is 0 Å². The first kappa shape index (κ1) is 14.4. The molecule has 0 radical (unpaired) electrons. The van der Waals surface area contributed by atoms with Crippen LogP contribution in [0.1, 0.15) is 26.2 Å². The molecule has 1 atom stereocenters. The van der Waals surface area contributed by atoms with E-state index in [9.17, 15) is 0 Å². The molecule has 0 bridgehead atoms. The van der Waals surface area contributed by atoms with Crippen LogP contribution >= 0.6 is 11.8 Å². The summed E-state index contributed by atoms with van der Waals surface area (Å²) >= 11 is 1.56. The second kappa shape index (κ2) is 7.55. The highest BCUT2D eigenvalue weighted by molar-refractivity contribution is 7.98. The molecule has 0 aliphatic carbocycles. The Morgan fingerprint density at radius 3 is 2.79 bits per heavy atom. The number of nitrogens with zero attached hydrogens (tertiary/aromatic N) is 2. The van der Waals surface area contributed by atoms with Crippen molar-refractivity contribution in [2.75, 3.05) is 36.6 Å². The van der Waals surface area contributed by atoms with Gasteiger partial charge in [-0.25, -0.2) is 9.97 Å². The number of hydrogen-bond donors (Lipinski definition) is 2. The Morgan fingerprint density at radius 2 is 2.16 bits per heavy atom. The first-order chi connectivity index (χ1) is 9.31. The maximum absolute atomic E-state index is 5.60. The van der Waals surface area contributed by atoms with Crippen LogP contribution < -0.4 is 10.6 Å². The second-order valence-corrected chi connectivity index (χ2v) is 5.34. The molecule has 6 heteroatoms. The van der Waals surface area contributed by atoms with Gasteiger partial charge in [-0.2, -0.15) is 0 Å². The van der Waals surface area contributed by atoms with Crippen LogP contribution in [-0.4, -0.2) is 42.0 Å². The van der Waals surface area contributed by atoms with Crippen molar-refractivity contribution in [3.8, 4) is 0 Å². The quantitative estimate of drug-likeness (QED) is 0.592. The fourth-order valence-corrected chi connectivity index (χ4v) is 2.35. The Balaban J connectivity index is 1.96. The molecular formula is C13H22N4OS. The average molecular weight is 282 g/mol. The maximum Gasteiger partial charge on any atom is 0.191 e. The van der Waals surface area contributed by atoms with Gasteiger partial charge in [-0.15, -0.1) is 0 Å². The van der Waals surface area contributed by atoms with E-state index in [1.54, 1.807) is 11.8 Å². The van der Waals surface area contributed by atoms with Gasteiger partial charge in [-0.1, -0.05) is 18.7 Å². The molecule has 2 rings (SSSR count). The highest BCUT2D eigenvalue weighted by Crippen LogP contribution is 2.18. The molecule has 1 aliphatic heterocycles. The highest BCUT2D eigenvalue weighted by atomic mass is 32.2. The van der Waals surface area contributed by atoms with Gasteiger partial charge in [0, 0.05) is 25.8 Å². The van der Waals surface area contributed by atoms with Gasteiger partial charge in [0.1, 0.15) is 11.6 Å². The molecule has 0 saturated carbocycles. The van der Waals surface area contributed by atoms with Crippen LogP contribution in [0.2, 0.25) is 0 Å². The van der Waals surface area contributed by atoms with Gasteiger partial charge in [-0.05, 0) is 25.5 Å². The van der Waals surface area contributed by atoms with E-state index < -0.39 is 0 Å². The molecule has 1 saturated heterocycles. The van der Waals surface area contributed by atoms with Crippen LogP contribution in [0.15, 0.2) is 11.2 Å². The largest absolute Gasteiger partial charge is 0.376 e. The van der Waals surface area contributed by atoms with Crippen molar-refractivity contribution in [1.82, 2.24) is 9.97 Å². The minimum atomic E-state index is 0.319. The van der Waals surface area contributed by atoms with E-state index in [4.69, 9.17) is 4.74 Å². The molecule has 1 fully saturated rings. The lowest BCUT2D eigenvalue weighted by Gasteiger charge is -2.13. The van der Waals surface area contributed by atoms with E-state index >= 15 is 0 Å². The number of nitrogens with one attached hydrogen (secondary N) is 2. The summed E-state index contributed by atoms with van der Waals surface area (Å²) in [5, 5.41) is 7.44. The number of anilines is 2. The van der Waals surface area contributed by atoms with Crippen molar-refractivity contribution >= 4 is 23.4 Å². The molecule has 5 nitrogen and oxygen atoms in total. The van der Waals surface area contributed by atoms with Crippen molar-refractivity contribution in [1.29, 1.82) is 0 Å². The lowest BCUT2D eigenvalue weighted by molar-refractivity contribution is 0.120. The van der Waals surface area contributed by atoms with Crippen molar-refractivity contribution in [3.05, 3.63) is 6.07 Å². The fourth-order valence-electron chi connectivity index (χ4n) is 1.97. The zero-order chi connectivity index (χ0) is 13.5. The second-order valence-electron chi connectivity index (χ2n) is 4.57. The summed E-state index contributed by atoms with van der Waals surface area (Å²) in [4.78, 5) is 8.90. The Labute approximate surface area is 118 Å². The van der Waals surface area contributed by atoms with Crippen molar-refractivity contribution in [2.24, 2.45) is 0 Å². The first-order valence-electron chi connectivity index (χ1n) is 6.84. The zero-order valence-electron chi connectivity index (χ0n) is 11.6. The molecule has 1 aromatic heterocycles. The smallest absolute Gasteiger partial charge is 0.191 e. The summed E-state index contributed by atoms with van der Waals surface area (Å²) in [5.74, 6) is 1.75. The van der Waals surface area contributed by atoms with Crippen LogP contribution in [0.5, 0.6) is 0 Å². The fraction of sp³-hybridized carbons (Fsp3) is 0.692. The summed E-state index contributed by atoms with van der Waals surface area (Å²) in [7, 11) is 0. The summed E-state index contributed by atoms with van der Waals surface area (Å²) in [5.41, 5.74) is 0. The Bertz CT molecular complexity index is 396. The number of aromatic nitrogens is 2. The van der Waals surface area contributed by atoms with Gasteiger partial charge in [0.2, 0.25) is 0 Å². The zero-order valence-corrected chi connectivity index (χ0v) is 12.4. The number of hydrogen-bond acceptors (Lipinski definition) is 6. The number of thioether (sulfide) groups is 1. The Morgan fingerprint density at radius 1 is 1.37 bits per heavy atom. The van der Waals surface area contributed by atoms with Crippen molar-refractivity contribution in [2.45, 2.75) is 37.4 Å². The van der Waals surface area contributed by atoms with Crippen molar-refractivity contribution < 1.29 is 4.74 Å². The van der Waals surface area contributed by atoms with Gasteiger partial charge in [0.25, 0.3) is 0 Å². The third-order valence-electron chi connectivity index (χ3n) is 2.98. The summed E-state index contributed by atoms with van der Waals surface area (Å²) in [6.07, 6.45) is 5.68. The molecule has 106 valence electrons. The molecular weight excluding hydrogens is 260 g/mol. The van der Waals surface area contributed by atoms with E-state index in [1.807, 2.05) is 12.3 Å². The van der Waals surface area contributed by atoms with Crippen LogP contribution in [0, 0.1) is 0 Å². The topological polar surface area (TPSA) is 59.1 Å². The molecule has 2 N–H and O–H groups in total. The molecule has 1 unspecified atom stereocenters. The molecule has 19 heavy (non-hydrogen) atoms. The van der Waals surface area contributed by atoms with E-state index in [-0.39, 0.29) is 0 Å². The van der Waals surface area contributed by atoms with Crippen molar-refractivity contribution in [3.63, 3.8) is 0 Å². The lowest BCUT2D eigenvalue weighted by atomic mass is 10.2. The minimum absolute atomic E-state index is 0.319. The van der Waals surface area contributed by atoms with E-state index in [0.29, 0.717) is 6.10 Å². The van der Waals surface area contributed by atoms with E-state index in [1.165, 1.54) is 0 Å². The molecule has 0 amide bonds. The maximum atomic E-state index is 5.60. The predicted molar refractivity (Wildman–Crippen MR) is 80.1 cm³/mol. The number of rotatable bonds is 7. The molecule has 0 spiro atoms. The minimum Gasteiger partial charge on any atom is -0.376 e. The SMILES string of the molecule is CCCNc1cc(NCC2CCCO2)nc(SC)n1. The van der Waals surface area contributed by atoms with Gasteiger partial charge < -0.3 is 15.4 Å². The van der Waals surface area contributed by atoms with Gasteiger partial charge in [0.15, 0.2) is 5.16 Å². The van der Waals surface area contributed by atoms with Crippen LogP contribution in [0.4, 0.5) is 11.6 Å². The van der Waals surface area contributed by atoms with Gasteiger partial charge in [0.05, 0.1) is 6.10 Å². The van der Waals surface area contributed by atoms with E-state index in [0.717, 1.165) is 55.8 Å². The molecule has 1 aliphatic rings. The number of ether oxygens (including phenoxy) is 1. The Kier molecular flexibility index (Phi) is 5.72. The molecule has 0 aromatic carbocycles. The third kappa shape index (κ3) is 4.54. The monoisotopic (exact) mass is 282 g/mol. The van der Waals surface area contributed by atoms with Gasteiger partial charge >= 0.3 is 0 Å². The lowest BCUT2D eigenvalue weighted by Crippen LogP contribution is -2.19. The predicted octanol–water partition coefficient (Wildman–Crippen LogP) is 2.61. The third-order valence-corrected chi connectivity index (χ3v) is 3.53. The highest BCUT2D eigenvalue weighted by Gasteiger charge is 2.15. The Hall–Kier alpha value is -1.01. The summed E-state index contributed by atoms with van der Waals surface area (Å²) < 4.78 is 5.60. The average Bonchev–Trinajstić information content (AvgIpc) is 2.96. The normalized spacial score (nSPS) is 18.5. The van der Waals surface area contributed by atoms with Crippen LogP contribution in [-0.2, 0) is 4.74 Å². The van der Waals surface area contributed by atoms with Crippen LogP contribution in [0.3, 0.4) is 0 Å². The first-order valence-corrected chi connectivity index (χ1v) is 8.06. The standard InChI is InChI=1S/C13H22N4OS/c1-3-6-14-11-8-12(17-13(16-11)19-2)15-9-10-5-4-7-18-10/h8,10H,3-7,9H2,1-2H3,(H2,14,15,16,17). The molecule has 2 heterocycles. The summed E-state index contributed by atoms with van der Waals surface area (Å²) in [6.45, 7) is 4.77. The molecule has 1 aromatic rings. The van der Waals surface area contributed by atoms with Gasteiger partial charge in [-0.3, -0.25) is 0 Å². The van der Waals surface area contributed by atoms with E-state index in [2.05, 4.69) is 27.5 Å². The summed E-state index contributed by atoms with van der Waals surface area (Å²) in [6, 6.07) is 1.96.